The Kier molecular flexibility index (Phi) is 4.50. The van der Waals surface area contributed by atoms with E-state index in [2.05, 4.69) is 9.97 Å². The van der Waals surface area contributed by atoms with Gasteiger partial charge >= 0.3 is 0 Å². The van der Waals surface area contributed by atoms with Crippen molar-refractivity contribution >= 4 is 5.91 Å². The lowest BCUT2D eigenvalue weighted by Gasteiger charge is -2.50. The molecular weight excluding hydrogens is 306 g/mol. The van der Waals surface area contributed by atoms with Crippen LogP contribution in [-0.2, 0) is 9.47 Å². The summed E-state index contributed by atoms with van der Waals surface area (Å²) >= 11 is 0. The average molecular weight is 331 g/mol. The van der Waals surface area contributed by atoms with Gasteiger partial charge in [-0.15, -0.1) is 0 Å². The number of likely N-dealkylation sites (tertiary alicyclic amines) is 1. The molecule has 0 bridgehead atoms. The number of ether oxygens (including phenoxy) is 2. The molecule has 6 nitrogen and oxygen atoms in total. The minimum Gasteiger partial charge on any atom is -0.380 e. The molecule has 24 heavy (non-hydrogen) atoms. The topological polar surface area (TPSA) is 64.6 Å². The molecule has 1 amide bonds. The summed E-state index contributed by atoms with van der Waals surface area (Å²) in [6.07, 6.45) is 10.5. The summed E-state index contributed by atoms with van der Waals surface area (Å²) in [6, 6.07) is 0. The summed E-state index contributed by atoms with van der Waals surface area (Å²) in [5.74, 6) is 0.721. The molecule has 1 aromatic heterocycles. The van der Waals surface area contributed by atoms with E-state index in [4.69, 9.17) is 9.47 Å². The smallest absolute Gasteiger partial charge is 0.274 e. The zero-order valence-corrected chi connectivity index (χ0v) is 14.0. The van der Waals surface area contributed by atoms with Gasteiger partial charge < -0.3 is 14.4 Å². The highest BCUT2D eigenvalue weighted by atomic mass is 16.5. The molecule has 130 valence electrons. The van der Waals surface area contributed by atoms with E-state index in [1.54, 1.807) is 18.6 Å². The Hall–Kier alpha value is -1.53. The Balaban J connectivity index is 1.46. The Morgan fingerprint density at radius 2 is 2.29 bits per heavy atom. The molecule has 0 N–H and O–H groups in total. The van der Waals surface area contributed by atoms with Crippen molar-refractivity contribution in [2.24, 2.45) is 11.3 Å². The molecule has 3 aliphatic rings. The van der Waals surface area contributed by atoms with Crippen molar-refractivity contribution in [1.29, 1.82) is 0 Å². The fourth-order valence-corrected chi connectivity index (χ4v) is 3.96. The highest BCUT2D eigenvalue weighted by molar-refractivity contribution is 5.92. The van der Waals surface area contributed by atoms with Crippen LogP contribution in [0.1, 0.15) is 42.6 Å². The van der Waals surface area contributed by atoms with Gasteiger partial charge in [0.2, 0.25) is 0 Å². The first kappa shape index (κ1) is 16.0. The number of hydrogen-bond donors (Lipinski definition) is 0. The molecule has 2 atom stereocenters. The number of carbonyl (C=O) groups is 1. The summed E-state index contributed by atoms with van der Waals surface area (Å²) in [4.78, 5) is 22.8. The van der Waals surface area contributed by atoms with Gasteiger partial charge in [-0.1, -0.05) is 0 Å². The van der Waals surface area contributed by atoms with Gasteiger partial charge in [0.1, 0.15) is 5.69 Å². The van der Waals surface area contributed by atoms with Crippen LogP contribution >= 0.6 is 0 Å². The predicted molar refractivity (Wildman–Crippen MR) is 87.5 cm³/mol. The number of nitrogens with zero attached hydrogens (tertiary/aromatic N) is 3. The summed E-state index contributed by atoms with van der Waals surface area (Å²) < 4.78 is 12.1. The maximum atomic E-state index is 12.8. The minimum absolute atomic E-state index is 0.0336. The Bertz CT molecular complexity index is 578. The van der Waals surface area contributed by atoms with E-state index >= 15 is 0 Å². The molecule has 4 rings (SSSR count). The average Bonchev–Trinajstić information content (AvgIpc) is 3.45. The normalized spacial score (nSPS) is 30.0. The largest absolute Gasteiger partial charge is 0.380 e. The fraction of sp³-hybridized carbons (Fsp3) is 0.722. The van der Waals surface area contributed by atoms with E-state index in [0.717, 1.165) is 38.4 Å². The number of rotatable bonds is 5. The summed E-state index contributed by atoms with van der Waals surface area (Å²) in [6.45, 7) is 3.78. The van der Waals surface area contributed by atoms with Crippen molar-refractivity contribution in [1.82, 2.24) is 14.9 Å². The predicted octanol–water partition coefficient (Wildman–Crippen LogP) is 1.91. The molecule has 0 aromatic carbocycles. The lowest BCUT2D eigenvalue weighted by atomic mass is 9.73. The molecule has 3 heterocycles. The summed E-state index contributed by atoms with van der Waals surface area (Å²) in [5, 5.41) is 0. The van der Waals surface area contributed by atoms with E-state index in [1.165, 1.54) is 12.8 Å². The molecule has 0 unspecified atom stereocenters. The second-order valence-electron chi connectivity index (χ2n) is 7.39. The van der Waals surface area contributed by atoms with E-state index in [0.29, 0.717) is 25.4 Å². The second kappa shape index (κ2) is 6.76. The van der Waals surface area contributed by atoms with Gasteiger partial charge in [0.15, 0.2) is 0 Å². The van der Waals surface area contributed by atoms with E-state index < -0.39 is 0 Å². The molecule has 3 fully saturated rings. The minimum atomic E-state index is -0.0662. The van der Waals surface area contributed by atoms with Gasteiger partial charge in [0, 0.05) is 44.1 Å². The number of carbonyl (C=O) groups excluding carboxylic acids is 1. The first-order valence-electron chi connectivity index (χ1n) is 9.01. The zero-order valence-electron chi connectivity index (χ0n) is 14.0. The first-order chi connectivity index (χ1) is 11.8. The van der Waals surface area contributed by atoms with Gasteiger partial charge in [-0.05, 0) is 38.0 Å². The molecular formula is C18H25N3O3. The summed E-state index contributed by atoms with van der Waals surface area (Å²) in [5.41, 5.74) is 0.352. The fourth-order valence-electron chi connectivity index (χ4n) is 3.96. The van der Waals surface area contributed by atoms with Crippen LogP contribution in [0.4, 0.5) is 0 Å². The number of piperidine rings is 1. The molecule has 1 aromatic rings. The monoisotopic (exact) mass is 331 g/mol. The molecule has 2 aliphatic heterocycles. The van der Waals surface area contributed by atoms with Crippen LogP contribution in [0.15, 0.2) is 18.6 Å². The Morgan fingerprint density at radius 3 is 3.08 bits per heavy atom. The van der Waals surface area contributed by atoms with Crippen molar-refractivity contribution in [3.8, 4) is 0 Å². The van der Waals surface area contributed by atoms with Crippen molar-refractivity contribution in [3.63, 3.8) is 0 Å². The number of hydrogen-bond acceptors (Lipinski definition) is 5. The Morgan fingerprint density at radius 1 is 1.38 bits per heavy atom. The van der Waals surface area contributed by atoms with Gasteiger partial charge in [0.05, 0.1) is 18.9 Å². The SMILES string of the molecule is O=C(c1cnccn1)N1CC[C@@H]2OCCC[C@]2(COCC2CC2)C1. The van der Waals surface area contributed by atoms with Gasteiger partial charge in [0.25, 0.3) is 5.91 Å². The van der Waals surface area contributed by atoms with Crippen LogP contribution in [0.25, 0.3) is 0 Å². The van der Waals surface area contributed by atoms with Crippen molar-refractivity contribution in [2.45, 2.75) is 38.2 Å². The molecule has 6 heteroatoms. The van der Waals surface area contributed by atoms with E-state index in [9.17, 15) is 4.79 Å². The molecule has 1 aliphatic carbocycles. The van der Waals surface area contributed by atoms with Gasteiger partial charge in [-0.25, -0.2) is 4.98 Å². The van der Waals surface area contributed by atoms with Gasteiger partial charge in [-0.3, -0.25) is 9.78 Å². The van der Waals surface area contributed by atoms with Crippen molar-refractivity contribution in [2.75, 3.05) is 32.9 Å². The van der Waals surface area contributed by atoms with Crippen molar-refractivity contribution < 1.29 is 14.3 Å². The second-order valence-corrected chi connectivity index (χ2v) is 7.39. The summed E-state index contributed by atoms with van der Waals surface area (Å²) in [7, 11) is 0. The first-order valence-corrected chi connectivity index (χ1v) is 9.01. The van der Waals surface area contributed by atoms with Crippen LogP contribution in [0.5, 0.6) is 0 Å². The highest BCUT2D eigenvalue weighted by Gasteiger charge is 2.47. The number of amides is 1. The lowest BCUT2D eigenvalue weighted by Crippen LogP contribution is -2.58. The van der Waals surface area contributed by atoms with Crippen LogP contribution in [0, 0.1) is 11.3 Å². The number of fused-ring (bicyclic) bond motifs is 1. The van der Waals surface area contributed by atoms with Gasteiger partial charge in [-0.2, -0.15) is 0 Å². The van der Waals surface area contributed by atoms with E-state index in [1.807, 2.05) is 4.90 Å². The third kappa shape index (κ3) is 3.30. The molecule has 0 radical (unpaired) electrons. The standard InChI is InChI=1S/C18H25N3O3/c22-17(15-10-19-6-7-20-15)21-8-4-16-18(12-21,5-1-9-24-16)13-23-11-14-2-3-14/h6-7,10,14,16H,1-5,8-9,11-13H2/t16-,18+/m0/s1. The maximum Gasteiger partial charge on any atom is 0.274 e. The van der Waals surface area contributed by atoms with Crippen LogP contribution in [0.2, 0.25) is 0 Å². The molecule has 2 saturated heterocycles. The van der Waals surface area contributed by atoms with Crippen LogP contribution in [-0.4, -0.2) is 59.8 Å². The third-order valence-corrected chi connectivity index (χ3v) is 5.50. The molecule has 0 spiro atoms. The number of aromatic nitrogens is 2. The third-order valence-electron chi connectivity index (χ3n) is 5.50. The van der Waals surface area contributed by atoms with E-state index in [-0.39, 0.29) is 17.4 Å². The Labute approximate surface area is 142 Å². The maximum absolute atomic E-state index is 12.8. The zero-order chi connectivity index (χ0) is 16.4. The van der Waals surface area contributed by atoms with Crippen molar-refractivity contribution in [3.05, 3.63) is 24.3 Å². The molecule has 1 saturated carbocycles. The highest BCUT2D eigenvalue weighted by Crippen LogP contribution is 2.41. The quantitative estimate of drug-likeness (QED) is 0.825. The lowest BCUT2D eigenvalue weighted by molar-refractivity contribution is -0.147. The van der Waals surface area contributed by atoms with Crippen LogP contribution < -0.4 is 0 Å². The van der Waals surface area contributed by atoms with Crippen LogP contribution in [0.3, 0.4) is 0 Å².